The first-order valence-corrected chi connectivity index (χ1v) is 10.3. The first kappa shape index (κ1) is 20.0. The number of rotatable bonds is 4. The van der Waals surface area contributed by atoms with E-state index in [1.165, 1.54) is 0 Å². The number of fused-ring (bicyclic) bond motifs is 1. The van der Waals surface area contributed by atoms with Crippen LogP contribution in [0.2, 0.25) is 5.02 Å². The number of aromatic amines is 1. The van der Waals surface area contributed by atoms with Crippen LogP contribution in [0.1, 0.15) is 11.1 Å². The first-order valence-electron chi connectivity index (χ1n) is 9.91. The van der Waals surface area contributed by atoms with Crippen molar-refractivity contribution in [2.75, 3.05) is 0 Å². The van der Waals surface area contributed by atoms with Crippen molar-refractivity contribution in [1.29, 1.82) is 0 Å². The summed E-state index contributed by atoms with van der Waals surface area (Å²) in [5.41, 5.74) is 2.77. The van der Waals surface area contributed by atoms with Gasteiger partial charge in [-0.2, -0.15) is 4.98 Å². The SMILES string of the molecule is Cc1ccccc1-c1noc(-c2ccc3c(=O)n(Cc4cccc(Cl)c4)c(=O)[nH]c3c2)n1. The summed E-state index contributed by atoms with van der Waals surface area (Å²) in [5.74, 6) is 0.776. The predicted molar refractivity (Wildman–Crippen MR) is 123 cm³/mol. The molecule has 0 saturated carbocycles. The molecule has 0 atom stereocenters. The maximum atomic E-state index is 13.0. The molecule has 7 nitrogen and oxygen atoms in total. The molecule has 0 spiro atoms. The summed E-state index contributed by atoms with van der Waals surface area (Å²) in [6, 6.07) is 19.8. The molecule has 0 aliphatic rings. The molecule has 0 aliphatic heterocycles. The van der Waals surface area contributed by atoms with E-state index in [4.69, 9.17) is 16.1 Å². The van der Waals surface area contributed by atoms with Gasteiger partial charge in [-0.15, -0.1) is 0 Å². The van der Waals surface area contributed by atoms with Crippen LogP contribution in [0.4, 0.5) is 0 Å². The van der Waals surface area contributed by atoms with Crippen molar-refractivity contribution in [1.82, 2.24) is 19.7 Å². The molecule has 0 unspecified atom stereocenters. The number of aromatic nitrogens is 4. The molecular weight excluding hydrogens is 428 g/mol. The average molecular weight is 445 g/mol. The van der Waals surface area contributed by atoms with Gasteiger partial charge in [0.25, 0.3) is 11.4 Å². The summed E-state index contributed by atoms with van der Waals surface area (Å²) >= 11 is 6.02. The fourth-order valence-corrected chi connectivity index (χ4v) is 3.84. The first-order chi connectivity index (χ1) is 15.5. The second kappa shape index (κ2) is 7.94. The molecule has 5 rings (SSSR count). The lowest BCUT2D eigenvalue weighted by Gasteiger charge is -2.07. The van der Waals surface area contributed by atoms with E-state index in [1.807, 2.05) is 37.3 Å². The third-order valence-corrected chi connectivity index (χ3v) is 5.51. The van der Waals surface area contributed by atoms with E-state index >= 15 is 0 Å². The smallest absolute Gasteiger partial charge is 0.329 e. The van der Waals surface area contributed by atoms with Crippen LogP contribution in [0.3, 0.4) is 0 Å². The minimum absolute atomic E-state index is 0.121. The van der Waals surface area contributed by atoms with E-state index in [2.05, 4.69) is 15.1 Å². The summed E-state index contributed by atoms with van der Waals surface area (Å²) in [6.07, 6.45) is 0. The van der Waals surface area contributed by atoms with Crippen LogP contribution < -0.4 is 11.2 Å². The fraction of sp³-hybridized carbons (Fsp3) is 0.0833. The molecule has 3 aromatic carbocycles. The van der Waals surface area contributed by atoms with E-state index < -0.39 is 5.69 Å². The van der Waals surface area contributed by atoms with Crippen LogP contribution in [0.15, 0.2) is 80.8 Å². The molecule has 0 saturated heterocycles. The zero-order valence-electron chi connectivity index (χ0n) is 17.0. The Balaban J connectivity index is 1.54. The summed E-state index contributed by atoms with van der Waals surface area (Å²) in [5, 5.41) is 5.00. The van der Waals surface area contributed by atoms with Gasteiger partial charge in [0.2, 0.25) is 5.82 Å². The molecule has 158 valence electrons. The Morgan fingerprint density at radius 2 is 1.88 bits per heavy atom. The molecule has 2 aromatic heterocycles. The highest BCUT2D eigenvalue weighted by Gasteiger charge is 2.15. The maximum Gasteiger partial charge on any atom is 0.329 e. The summed E-state index contributed by atoms with van der Waals surface area (Å²) < 4.78 is 6.58. The van der Waals surface area contributed by atoms with E-state index in [1.54, 1.807) is 36.4 Å². The lowest BCUT2D eigenvalue weighted by Crippen LogP contribution is -2.35. The second-order valence-corrected chi connectivity index (χ2v) is 7.89. The topological polar surface area (TPSA) is 93.8 Å². The highest BCUT2D eigenvalue weighted by atomic mass is 35.5. The highest BCUT2D eigenvalue weighted by molar-refractivity contribution is 6.30. The zero-order valence-corrected chi connectivity index (χ0v) is 17.8. The number of H-pyrrole nitrogens is 1. The molecule has 0 bridgehead atoms. The van der Waals surface area contributed by atoms with Crippen molar-refractivity contribution >= 4 is 22.5 Å². The summed E-state index contributed by atoms with van der Waals surface area (Å²) in [7, 11) is 0. The molecule has 5 aromatic rings. The van der Waals surface area contributed by atoms with Crippen molar-refractivity contribution in [2.45, 2.75) is 13.5 Å². The van der Waals surface area contributed by atoms with Gasteiger partial charge in [0.1, 0.15) is 0 Å². The monoisotopic (exact) mass is 444 g/mol. The van der Waals surface area contributed by atoms with Crippen molar-refractivity contribution in [3.8, 4) is 22.8 Å². The Bertz CT molecular complexity index is 1580. The van der Waals surface area contributed by atoms with Crippen molar-refractivity contribution < 1.29 is 4.52 Å². The van der Waals surface area contributed by atoms with Gasteiger partial charge >= 0.3 is 5.69 Å². The Morgan fingerprint density at radius 3 is 2.69 bits per heavy atom. The molecule has 1 N–H and O–H groups in total. The second-order valence-electron chi connectivity index (χ2n) is 7.45. The molecule has 0 aliphatic carbocycles. The van der Waals surface area contributed by atoms with Gasteiger partial charge in [-0.25, -0.2) is 4.79 Å². The lowest BCUT2D eigenvalue weighted by atomic mass is 10.1. The molecular formula is C24H17ClN4O3. The standard InChI is InChI=1S/C24H17ClN4O3/c1-14-5-2-3-8-18(14)21-27-22(32-28-21)16-9-10-19-20(12-16)26-24(31)29(23(19)30)13-15-6-4-7-17(25)11-15/h2-12H,13H2,1H3,(H,26,31). The van der Waals surface area contributed by atoms with Gasteiger partial charge in [-0.3, -0.25) is 9.36 Å². The predicted octanol–water partition coefficient (Wildman–Crippen LogP) is 4.42. The van der Waals surface area contributed by atoms with Crippen LogP contribution in [0, 0.1) is 6.92 Å². The molecule has 8 heteroatoms. The normalized spacial score (nSPS) is 11.2. The number of aryl methyl sites for hydroxylation is 1. The Kier molecular flexibility index (Phi) is 4.95. The summed E-state index contributed by atoms with van der Waals surface area (Å²) in [4.78, 5) is 32.9. The van der Waals surface area contributed by atoms with Gasteiger partial charge in [0.15, 0.2) is 0 Å². The zero-order chi connectivity index (χ0) is 22.2. The number of halogens is 1. The van der Waals surface area contributed by atoms with Crippen LogP contribution in [0.25, 0.3) is 33.7 Å². The number of hydrogen-bond donors (Lipinski definition) is 1. The molecule has 2 heterocycles. The third-order valence-electron chi connectivity index (χ3n) is 5.27. The molecule has 0 radical (unpaired) electrons. The van der Waals surface area contributed by atoms with Gasteiger partial charge in [-0.05, 0) is 48.4 Å². The molecule has 32 heavy (non-hydrogen) atoms. The van der Waals surface area contributed by atoms with E-state index in [0.717, 1.165) is 21.3 Å². The Labute approximate surface area is 186 Å². The van der Waals surface area contributed by atoms with Crippen molar-refractivity contribution in [2.24, 2.45) is 0 Å². The average Bonchev–Trinajstić information content (AvgIpc) is 3.27. The molecule has 0 amide bonds. The van der Waals surface area contributed by atoms with E-state index in [-0.39, 0.29) is 12.1 Å². The van der Waals surface area contributed by atoms with Crippen LogP contribution in [-0.2, 0) is 6.54 Å². The Hall–Kier alpha value is -3.97. The molecule has 0 fully saturated rings. The van der Waals surface area contributed by atoms with Crippen LogP contribution in [0.5, 0.6) is 0 Å². The maximum absolute atomic E-state index is 13.0. The van der Waals surface area contributed by atoms with E-state index in [9.17, 15) is 9.59 Å². The van der Waals surface area contributed by atoms with Gasteiger partial charge in [0.05, 0.1) is 17.4 Å². The lowest BCUT2D eigenvalue weighted by molar-refractivity contribution is 0.432. The largest absolute Gasteiger partial charge is 0.334 e. The Morgan fingerprint density at radius 1 is 1.03 bits per heavy atom. The number of benzene rings is 3. The quantitative estimate of drug-likeness (QED) is 0.443. The highest BCUT2D eigenvalue weighted by Crippen LogP contribution is 2.25. The number of hydrogen-bond acceptors (Lipinski definition) is 5. The van der Waals surface area contributed by atoms with Crippen LogP contribution >= 0.6 is 11.6 Å². The van der Waals surface area contributed by atoms with Gasteiger partial charge in [-0.1, -0.05) is 53.2 Å². The van der Waals surface area contributed by atoms with E-state index in [0.29, 0.717) is 33.2 Å². The summed E-state index contributed by atoms with van der Waals surface area (Å²) in [6.45, 7) is 2.09. The van der Waals surface area contributed by atoms with Crippen molar-refractivity contribution in [3.05, 3.63) is 104 Å². The minimum Gasteiger partial charge on any atom is -0.334 e. The van der Waals surface area contributed by atoms with Gasteiger partial charge in [0, 0.05) is 16.1 Å². The van der Waals surface area contributed by atoms with Crippen molar-refractivity contribution in [3.63, 3.8) is 0 Å². The fourth-order valence-electron chi connectivity index (χ4n) is 3.62. The third kappa shape index (κ3) is 3.63. The number of nitrogens with one attached hydrogen (secondary N) is 1. The number of nitrogens with zero attached hydrogens (tertiary/aromatic N) is 3. The van der Waals surface area contributed by atoms with Crippen LogP contribution in [-0.4, -0.2) is 19.7 Å². The minimum atomic E-state index is -0.509. The van der Waals surface area contributed by atoms with Gasteiger partial charge < -0.3 is 9.51 Å².